The molecule has 1 aromatic carbocycles. The Morgan fingerprint density at radius 3 is 2.41 bits per heavy atom. The van der Waals surface area contributed by atoms with Gasteiger partial charge in [-0.1, -0.05) is 11.6 Å². The molecule has 9 heteroatoms. The molecule has 0 radical (unpaired) electrons. The molecule has 4 rings (SSSR count). The van der Waals surface area contributed by atoms with Crippen molar-refractivity contribution in [2.24, 2.45) is 0 Å². The van der Waals surface area contributed by atoms with Gasteiger partial charge in [-0.2, -0.15) is 0 Å². The highest BCUT2D eigenvalue weighted by Crippen LogP contribution is 2.31. The van der Waals surface area contributed by atoms with E-state index in [1.54, 1.807) is 39.8 Å². The summed E-state index contributed by atoms with van der Waals surface area (Å²) in [6.45, 7) is 3.26. The van der Waals surface area contributed by atoms with Crippen LogP contribution < -0.4 is 9.47 Å². The van der Waals surface area contributed by atoms with Crippen LogP contribution in [0.1, 0.15) is 11.4 Å². The van der Waals surface area contributed by atoms with Crippen LogP contribution in [-0.4, -0.2) is 59.3 Å². The Labute approximate surface area is 198 Å². The van der Waals surface area contributed by atoms with Gasteiger partial charge in [-0.25, -0.2) is 4.98 Å². The van der Waals surface area contributed by atoms with E-state index in [2.05, 4.69) is 26.2 Å². The Kier molecular flexibility index (Phi) is 7.46. The highest BCUT2D eigenvalue weighted by molar-refractivity contribution is 5.70. The molecule has 9 nitrogen and oxygen atoms in total. The molecule has 34 heavy (non-hydrogen) atoms. The third-order valence-corrected chi connectivity index (χ3v) is 5.23. The van der Waals surface area contributed by atoms with Crippen LogP contribution in [0.4, 0.5) is 0 Å². The first kappa shape index (κ1) is 23.3. The Morgan fingerprint density at radius 2 is 1.74 bits per heavy atom. The molecule has 0 aliphatic heterocycles. The zero-order valence-electron chi connectivity index (χ0n) is 19.7. The lowest BCUT2D eigenvalue weighted by atomic mass is 10.1. The Hall–Kier alpha value is -3.82. The smallest absolute Gasteiger partial charge is 0.213 e. The second-order valence-electron chi connectivity index (χ2n) is 7.52. The molecular weight excluding hydrogens is 434 g/mol. The van der Waals surface area contributed by atoms with Crippen LogP contribution in [-0.2, 0) is 16.1 Å². The van der Waals surface area contributed by atoms with Gasteiger partial charge in [0.25, 0.3) is 0 Å². The monoisotopic (exact) mass is 461 g/mol. The van der Waals surface area contributed by atoms with Gasteiger partial charge in [-0.3, -0.25) is 9.55 Å². The zero-order valence-corrected chi connectivity index (χ0v) is 19.7. The maximum atomic E-state index is 5.71. The summed E-state index contributed by atoms with van der Waals surface area (Å²) in [6.07, 6.45) is 3.49. The number of benzene rings is 1. The van der Waals surface area contributed by atoms with Crippen molar-refractivity contribution >= 4 is 0 Å². The van der Waals surface area contributed by atoms with Crippen molar-refractivity contribution < 1.29 is 18.9 Å². The normalized spacial score (nSPS) is 10.9. The molecule has 4 aromatic rings. The molecule has 0 N–H and O–H groups in total. The Balaban J connectivity index is 1.70. The molecule has 0 aliphatic carbocycles. The number of hydrogen-bond donors (Lipinski definition) is 0. The van der Waals surface area contributed by atoms with E-state index in [-0.39, 0.29) is 6.61 Å². The number of aromatic nitrogens is 5. The zero-order chi connectivity index (χ0) is 23.9. The lowest BCUT2D eigenvalue weighted by Crippen LogP contribution is -2.08. The van der Waals surface area contributed by atoms with Crippen LogP contribution in [0, 0.1) is 6.92 Å². The highest BCUT2D eigenvalue weighted by Gasteiger charge is 2.17. The maximum Gasteiger partial charge on any atom is 0.213 e. The van der Waals surface area contributed by atoms with Crippen molar-refractivity contribution in [3.05, 3.63) is 66.2 Å². The number of nitrogens with zero attached hydrogens (tertiary/aromatic N) is 5. The van der Waals surface area contributed by atoms with Crippen molar-refractivity contribution in [3.63, 3.8) is 0 Å². The molecule has 0 atom stereocenters. The summed E-state index contributed by atoms with van der Waals surface area (Å²) >= 11 is 0. The molecule has 0 spiro atoms. The minimum atomic E-state index is 0.272. The van der Waals surface area contributed by atoms with Crippen molar-refractivity contribution in [1.82, 2.24) is 24.7 Å². The first-order valence-corrected chi connectivity index (χ1v) is 10.8. The number of methoxy groups -OCH3 is 3. The van der Waals surface area contributed by atoms with Crippen LogP contribution in [0.3, 0.4) is 0 Å². The average molecular weight is 462 g/mol. The van der Waals surface area contributed by atoms with E-state index in [0.29, 0.717) is 30.7 Å². The largest absolute Gasteiger partial charge is 0.496 e. The molecule has 0 aliphatic rings. The molecule has 0 bridgehead atoms. The molecule has 0 unspecified atom stereocenters. The van der Waals surface area contributed by atoms with E-state index >= 15 is 0 Å². The number of pyridine rings is 2. The number of hydrogen-bond acceptors (Lipinski definition) is 8. The van der Waals surface area contributed by atoms with Crippen LogP contribution in [0.25, 0.3) is 28.3 Å². The fourth-order valence-electron chi connectivity index (χ4n) is 3.51. The van der Waals surface area contributed by atoms with Gasteiger partial charge in [-0.05, 0) is 37.3 Å². The van der Waals surface area contributed by atoms with Crippen LogP contribution in [0.2, 0.25) is 0 Å². The predicted molar refractivity (Wildman–Crippen MR) is 127 cm³/mol. The van der Waals surface area contributed by atoms with Crippen molar-refractivity contribution in [2.45, 2.75) is 13.5 Å². The molecule has 3 heterocycles. The van der Waals surface area contributed by atoms with Gasteiger partial charge < -0.3 is 18.9 Å². The summed E-state index contributed by atoms with van der Waals surface area (Å²) in [5.41, 5.74) is 4.47. The van der Waals surface area contributed by atoms with E-state index in [1.165, 1.54) is 0 Å². The fourth-order valence-corrected chi connectivity index (χ4v) is 3.51. The lowest BCUT2D eigenvalue weighted by Gasteiger charge is -2.12. The van der Waals surface area contributed by atoms with Gasteiger partial charge in [0, 0.05) is 30.5 Å². The third kappa shape index (κ3) is 5.05. The summed E-state index contributed by atoms with van der Waals surface area (Å²) in [5, 5.41) is 8.80. The van der Waals surface area contributed by atoms with Crippen molar-refractivity contribution in [2.75, 3.05) is 34.5 Å². The standard InChI is InChI=1S/C25H27N5O4/c1-17-5-9-22(32-3)20(13-17)21-8-6-18(14-26-21)25-29-28-23(16-34-12-11-31-2)30(25)19-7-10-24(33-4)27-15-19/h5-10,13-15H,11-12,16H2,1-4H3. The van der Waals surface area contributed by atoms with Gasteiger partial charge >= 0.3 is 0 Å². The first-order chi connectivity index (χ1) is 16.6. The number of rotatable bonds is 10. The van der Waals surface area contributed by atoms with E-state index in [1.807, 2.05) is 41.8 Å². The van der Waals surface area contributed by atoms with Gasteiger partial charge in [0.2, 0.25) is 5.88 Å². The predicted octanol–water partition coefficient (Wildman–Crippen LogP) is 3.88. The maximum absolute atomic E-state index is 5.71. The van der Waals surface area contributed by atoms with Crippen LogP contribution >= 0.6 is 0 Å². The van der Waals surface area contributed by atoms with E-state index < -0.39 is 0 Å². The number of aryl methyl sites for hydroxylation is 1. The molecule has 3 aromatic heterocycles. The third-order valence-electron chi connectivity index (χ3n) is 5.23. The second-order valence-corrected chi connectivity index (χ2v) is 7.52. The van der Waals surface area contributed by atoms with E-state index in [0.717, 1.165) is 33.8 Å². The molecule has 176 valence electrons. The number of ether oxygens (including phenoxy) is 4. The van der Waals surface area contributed by atoms with E-state index in [9.17, 15) is 0 Å². The summed E-state index contributed by atoms with van der Waals surface area (Å²) in [7, 11) is 4.87. The topological polar surface area (TPSA) is 93.4 Å². The SMILES string of the molecule is COCCOCc1nnc(-c2ccc(-c3cc(C)ccc3OC)nc2)n1-c1ccc(OC)nc1. The van der Waals surface area contributed by atoms with Crippen molar-refractivity contribution in [3.8, 4) is 40.0 Å². The van der Waals surface area contributed by atoms with Crippen molar-refractivity contribution in [1.29, 1.82) is 0 Å². The molecule has 0 saturated heterocycles. The summed E-state index contributed by atoms with van der Waals surface area (Å²) in [6, 6.07) is 13.6. The fraction of sp³-hybridized carbons (Fsp3) is 0.280. The Bertz CT molecular complexity index is 1220. The molecule has 0 amide bonds. The minimum absolute atomic E-state index is 0.272. The highest BCUT2D eigenvalue weighted by atomic mass is 16.5. The summed E-state index contributed by atoms with van der Waals surface area (Å²) in [4.78, 5) is 9.02. The van der Waals surface area contributed by atoms with E-state index in [4.69, 9.17) is 18.9 Å². The lowest BCUT2D eigenvalue weighted by molar-refractivity contribution is 0.0580. The Morgan fingerprint density at radius 1 is 0.853 bits per heavy atom. The molecule has 0 fully saturated rings. The molecular formula is C25H27N5O4. The van der Waals surface area contributed by atoms with Gasteiger partial charge in [0.15, 0.2) is 11.6 Å². The van der Waals surface area contributed by atoms with Crippen LogP contribution in [0.5, 0.6) is 11.6 Å². The second kappa shape index (κ2) is 10.9. The van der Waals surface area contributed by atoms with Gasteiger partial charge in [0.1, 0.15) is 12.4 Å². The molecule has 0 saturated carbocycles. The minimum Gasteiger partial charge on any atom is -0.496 e. The summed E-state index contributed by atoms with van der Waals surface area (Å²) < 4.78 is 23.4. The quantitative estimate of drug-likeness (QED) is 0.329. The van der Waals surface area contributed by atoms with Gasteiger partial charge in [0.05, 0.1) is 45.0 Å². The van der Waals surface area contributed by atoms with Gasteiger partial charge in [-0.15, -0.1) is 10.2 Å². The van der Waals surface area contributed by atoms with Crippen LogP contribution in [0.15, 0.2) is 54.9 Å². The first-order valence-electron chi connectivity index (χ1n) is 10.8. The average Bonchev–Trinajstić information content (AvgIpc) is 3.30. The summed E-state index contributed by atoms with van der Waals surface area (Å²) in [5.74, 6) is 2.57.